The summed E-state index contributed by atoms with van der Waals surface area (Å²) in [6, 6.07) is 11.0. The summed E-state index contributed by atoms with van der Waals surface area (Å²) in [5, 5.41) is 0. The molecule has 1 aromatic carbocycles. The zero-order valence-electron chi connectivity index (χ0n) is 10.0. The van der Waals surface area contributed by atoms with Gasteiger partial charge in [0.25, 0.3) is 0 Å². The lowest BCUT2D eigenvalue weighted by molar-refractivity contribution is 0.221. The van der Waals surface area contributed by atoms with Gasteiger partial charge in [-0.1, -0.05) is 18.2 Å². The number of hydrogen-bond donors (Lipinski definition) is 1. The van der Waals surface area contributed by atoms with Crippen LogP contribution >= 0.6 is 24.2 Å². The monoisotopic (exact) mass is 272 g/mol. The third-order valence-corrected chi connectivity index (χ3v) is 3.95. The van der Waals surface area contributed by atoms with E-state index < -0.39 is 0 Å². The van der Waals surface area contributed by atoms with Crippen LogP contribution in [0.3, 0.4) is 0 Å². The highest BCUT2D eigenvalue weighted by Gasteiger charge is 2.15. The second-order valence-corrected chi connectivity index (χ2v) is 5.53. The van der Waals surface area contributed by atoms with Gasteiger partial charge in [0, 0.05) is 29.8 Å². The highest BCUT2D eigenvalue weighted by molar-refractivity contribution is 7.99. The topological polar surface area (TPSA) is 29.3 Å². The summed E-state index contributed by atoms with van der Waals surface area (Å²) < 4.78 is 0. The van der Waals surface area contributed by atoms with Gasteiger partial charge >= 0.3 is 0 Å². The molecule has 1 heterocycles. The van der Waals surface area contributed by atoms with Crippen molar-refractivity contribution in [1.29, 1.82) is 0 Å². The number of likely N-dealkylation sites (tertiary alicyclic amines) is 1. The van der Waals surface area contributed by atoms with Crippen LogP contribution in [0.15, 0.2) is 35.2 Å². The maximum atomic E-state index is 5.96. The first-order chi connectivity index (χ1) is 7.84. The fourth-order valence-corrected chi connectivity index (χ4v) is 3.04. The van der Waals surface area contributed by atoms with Crippen molar-refractivity contribution < 1.29 is 0 Å². The first-order valence-corrected chi connectivity index (χ1v) is 6.99. The number of halogens is 1. The van der Waals surface area contributed by atoms with E-state index in [9.17, 15) is 0 Å². The molecule has 96 valence electrons. The van der Waals surface area contributed by atoms with Crippen LogP contribution in [0, 0.1) is 0 Å². The summed E-state index contributed by atoms with van der Waals surface area (Å²) in [5.41, 5.74) is 5.96. The Bertz CT molecular complexity index is 308. The van der Waals surface area contributed by atoms with Crippen LogP contribution in [0.4, 0.5) is 0 Å². The number of thioether (sulfide) groups is 1. The summed E-state index contributed by atoms with van der Waals surface area (Å²) in [4.78, 5) is 3.85. The van der Waals surface area contributed by atoms with Crippen molar-refractivity contribution in [2.24, 2.45) is 5.73 Å². The molecule has 4 heteroatoms. The summed E-state index contributed by atoms with van der Waals surface area (Å²) in [5.74, 6) is 1.16. The second-order valence-electron chi connectivity index (χ2n) is 4.36. The van der Waals surface area contributed by atoms with E-state index in [0.29, 0.717) is 6.04 Å². The summed E-state index contributed by atoms with van der Waals surface area (Å²) in [7, 11) is 0. The van der Waals surface area contributed by atoms with Crippen LogP contribution in [-0.4, -0.2) is 36.3 Å². The van der Waals surface area contributed by atoms with Gasteiger partial charge in [-0.3, -0.25) is 0 Å². The van der Waals surface area contributed by atoms with Crippen LogP contribution in [0.2, 0.25) is 0 Å². The minimum Gasteiger partial charge on any atom is -0.327 e. The fourth-order valence-electron chi connectivity index (χ4n) is 2.10. The first kappa shape index (κ1) is 14.8. The highest BCUT2D eigenvalue weighted by atomic mass is 35.5. The van der Waals surface area contributed by atoms with Gasteiger partial charge in [-0.25, -0.2) is 0 Å². The number of benzene rings is 1. The average Bonchev–Trinajstić information content (AvgIpc) is 2.30. The number of nitrogens with zero attached hydrogens (tertiary/aromatic N) is 1. The van der Waals surface area contributed by atoms with E-state index in [1.807, 2.05) is 11.8 Å². The van der Waals surface area contributed by atoms with Crippen LogP contribution in [0.25, 0.3) is 0 Å². The molecule has 0 bridgehead atoms. The molecule has 1 aliphatic rings. The van der Waals surface area contributed by atoms with Crippen molar-refractivity contribution in [3.8, 4) is 0 Å². The molecule has 2 N–H and O–H groups in total. The van der Waals surface area contributed by atoms with Crippen LogP contribution in [-0.2, 0) is 0 Å². The summed E-state index contributed by atoms with van der Waals surface area (Å²) >= 11 is 1.93. The van der Waals surface area contributed by atoms with Gasteiger partial charge in [0.1, 0.15) is 0 Å². The third kappa shape index (κ3) is 5.30. The quantitative estimate of drug-likeness (QED) is 0.855. The first-order valence-electron chi connectivity index (χ1n) is 6.00. The van der Waals surface area contributed by atoms with Gasteiger partial charge < -0.3 is 10.6 Å². The van der Waals surface area contributed by atoms with Crippen molar-refractivity contribution >= 4 is 24.2 Å². The van der Waals surface area contributed by atoms with Gasteiger partial charge in [-0.05, 0) is 31.5 Å². The van der Waals surface area contributed by atoms with Gasteiger partial charge in [-0.2, -0.15) is 0 Å². The Hall–Kier alpha value is -0.220. The van der Waals surface area contributed by atoms with Crippen molar-refractivity contribution in [1.82, 2.24) is 4.90 Å². The zero-order chi connectivity index (χ0) is 11.2. The number of hydrogen-bond acceptors (Lipinski definition) is 3. The molecule has 2 rings (SSSR count). The zero-order valence-corrected chi connectivity index (χ0v) is 11.7. The summed E-state index contributed by atoms with van der Waals surface area (Å²) in [6.07, 6.45) is 2.46. The molecule has 2 nitrogen and oxygen atoms in total. The smallest absolute Gasteiger partial charge is 0.0168 e. The van der Waals surface area contributed by atoms with E-state index in [1.165, 1.54) is 24.3 Å². The Morgan fingerprint density at radius 3 is 2.76 bits per heavy atom. The molecule has 1 unspecified atom stereocenters. The SMILES string of the molecule is Cl.NC1CCCN(CCSc2ccccc2)C1. The number of nitrogens with two attached hydrogens (primary N) is 1. The standard InChI is InChI=1S/C13H20N2S.ClH/c14-12-5-4-8-15(11-12)9-10-16-13-6-2-1-3-7-13;/h1-3,6-7,12H,4-5,8-11,14H2;1H. The Morgan fingerprint density at radius 2 is 2.06 bits per heavy atom. The average molecular weight is 273 g/mol. The molecular weight excluding hydrogens is 252 g/mol. The Morgan fingerprint density at radius 1 is 1.29 bits per heavy atom. The molecule has 0 aromatic heterocycles. The third-order valence-electron chi connectivity index (χ3n) is 2.96. The molecule has 1 atom stereocenters. The maximum absolute atomic E-state index is 5.96. The molecule has 17 heavy (non-hydrogen) atoms. The van der Waals surface area contributed by atoms with Crippen LogP contribution < -0.4 is 5.73 Å². The lowest BCUT2D eigenvalue weighted by atomic mass is 10.1. The van der Waals surface area contributed by atoms with Crippen molar-refractivity contribution in [3.05, 3.63) is 30.3 Å². The van der Waals surface area contributed by atoms with E-state index in [1.54, 1.807) is 0 Å². The molecule has 0 saturated carbocycles. The molecule has 1 aromatic rings. The minimum absolute atomic E-state index is 0. The Kier molecular flexibility index (Phi) is 6.97. The Balaban J connectivity index is 0.00000144. The highest BCUT2D eigenvalue weighted by Crippen LogP contribution is 2.17. The lowest BCUT2D eigenvalue weighted by Gasteiger charge is -2.30. The summed E-state index contributed by atoms with van der Waals surface area (Å²) in [6.45, 7) is 3.46. The lowest BCUT2D eigenvalue weighted by Crippen LogP contribution is -2.43. The van der Waals surface area contributed by atoms with Gasteiger partial charge in [0.2, 0.25) is 0 Å². The minimum atomic E-state index is 0. The van der Waals surface area contributed by atoms with Gasteiger partial charge in [0.05, 0.1) is 0 Å². The largest absolute Gasteiger partial charge is 0.327 e. The van der Waals surface area contributed by atoms with Crippen molar-refractivity contribution in [3.63, 3.8) is 0 Å². The fraction of sp³-hybridized carbons (Fsp3) is 0.538. The molecule has 1 fully saturated rings. The van der Waals surface area contributed by atoms with Crippen LogP contribution in [0.5, 0.6) is 0 Å². The van der Waals surface area contributed by atoms with Crippen molar-refractivity contribution in [2.45, 2.75) is 23.8 Å². The van der Waals surface area contributed by atoms with E-state index >= 15 is 0 Å². The molecule has 0 amide bonds. The predicted molar refractivity (Wildman–Crippen MR) is 78.1 cm³/mol. The van der Waals surface area contributed by atoms with E-state index in [0.717, 1.165) is 18.8 Å². The van der Waals surface area contributed by atoms with Gasteiger partial charge in [-0.15, -0.1) is 24.2 Å². The molecule has 1 saturated heterocycles. The molecular formula is C13H21ClN2S. The van der Waals surface area contributed by atoms with E-state index in [4.69, 9.17) is 5.73 Å². The maximum Gasteiger partial charge on any atom is 0.0168 e. The molecule has 1 aliphatic heterocycles. The number of rotatable bonds is 4. The van der Waals surface area contributed by atoms with E-state index in [-0.39, 0.29) is 12.4 Å². The number of piperidine rings is 1. The van der Waals surface area contributed by atoms with E-state index in [2.05, 4.69) is 35.2 Å². The van der Waals surface area contributed by atoms with Crippen LogP contribution in [0.1, 0.15) is 12.8 Å². The second kappa shape index (κ2) is 7.98. The van der Waals surface area contributed by atoms with Crippen molar-refractivity contribution in [2.75, 3.05) is 25.4 Å². The molecule has 0 radical (unpaired) electrons. The molecule has 0 spiro atoms. The Labute approximate surface area is 114 Å². The normalized spacial score (nSPS) is 20.9. The molecule has 0 aliphatic carbocycles. The van der Waals surface area contributed by atoms with Gasteiger partial charge in [0.15, 0.2) is 0 Å². The predicted octanol–water partition coefficient (Wildman–Crippen LogP) is 2.62.